The molecule has 0 radical (unpaired) electrons. The molecule has 0 saturated heterocycles. The molecule has 24 rings (SSSR count). The number of ether oxygens (including phenoxy) is 2. The van der Waals surface area contributed by atoms with Gasteiger partial charge >= 0.3 is 12.2 Å². The molecule has 11 aromatic heterocycles. The maximum absolute atomic E-state index is 12.5. The molecular formula is C114H115N27O9. The SMILES string of the molecule is CC(=O)N1Cc2cc3nc(-c4c(O)c(-c5ccc(C)cc5)nn4C)[nH]c3cc2C1.CCCCCc1ccc(-c2nn(C)c(-c3nc4ccc(CN)cc4[nH]3)c2O)cc1.CCOC(=O)N1Cc2cc3nc(-c4c(O)c(-c5ccc(C)cc5)nn4C)[nH]c3cc2C1.Cc1ccc(-c2nn(C)c(-c3nc4cc5c(cc4[nH]3)CNC5)c2OC(=O)N(C)C)cc1.Cn1nc(-c2ccc(-c3cccnc3)cc2)c(O)c1-c1nc2ccc(CN)cc2[nH]1. The molecule has 0 atom stereocenters. The third-order valence-electron chi connectivity index (χ3n) is 27.2. The fraction of sp³-hybridized carbons (Fsp3) is 0.228. The molecule has 0 bridgehead atoms. The molecule has 36 nitrogen and oxygen atoms in total. The number of imidazole rings is 5. The summed E-state index contributed by atoms with van der Waals surface area (Å²) in [5, 5.41) is 69.8. The van der Waals surface area contributed by atoms with Crippen LogP contribution in [0.2, 0.25) is 0 Å². The number of pyridine rings is 1. The fourth-order valence-corrected chi connectivity index (χ4v) is 19.1. The van der Waals surface area contributed by atoms with Crippen LogP contribution < -0.4 is 21.5 Å². The summed E-state index contributed by atoms with van der Waals surface area (Å²) in [4.78, 5) is 85.2. The van der Waals surface area contributed by atoms with Crippen molar-refractivity contribution in [1.29, 1.82) is 0 Å². The standard InChI is InChI=1S/C23H24N6O2.C23H20N6O.C23H23N5O3.C23H27N5O.C22H21N5O2/c1-13-5-7-14(8-6-13)19-21(31-23(30)28(2)3)20(29(4)27-19)22-25-17-9-15-11-24-12-16(15)10-18(17)26-22;1-29-21(23-26-18-9-4-14(12-24)11-19(18)27-23)22(30)20(28-29)16-7-5-15(6-8-16)17-3-2-10-25-13-17;1-4-31-23(30)28-11-15-9-17-18(10-16(15)12-28)25-22(24-17)20-21(29)19(26-27(20)3)14-7-5-13(2)6-8-14;1-3-4-5-6-15-7-10-17(11-8-15)20-22(29)21(28(2)27-20)23-25-18-12-9-16(14-24)13-19(18)26-23;1-12-4-6-14(7-5-12)19-21(29)20(26(3)25-19)22-23-17-8-15-10-27(13(2)28)11-16(15)9-18(17)24-22/h5-10,24H,11-12H2,1-4H3,(H,25,26);2-11,13,30H,12,24H2,1H3,(H,26,27);5-10,29H,4,11-12H2,1-3H3,(H,24,25);7-13,29H,3-6,14,24H2,1-2H3,(H,25,26);4-9,29H,10-11H2,1-3H3,(H,23,24). The van der Waals surface area contributed by atoms with Crippen LogP contribution in [0.4, 0.5) is 9.59 Å². The van der Waals surface area contributed by atoms with Crippen LogP contribution in [0.5, 0.6) is 28.7 Å². The predicted molar refractivity (Wildman–Crippen MR) is 578 cm³/mol. The van der Waals surface area contributed by atoms with E-state index in [4.69, 9.17) is 35.9 Å². The minimum atomic E-state index is -0.469. The highest BCUT2D eigenvalue weighted by Gasteiger charge is 2.33. The molecule has 10 aromatic carbocycles. The van der Waals surface area contributed by atoms with Gasteiger partial charge in [-0.15, -0.1) is 0 Å². The van der Waals surface area contributed by atoms with Gasteiger partial charge in [-0.05, 0) is 168 Å². The van der Waals surface area contributed by atoms with Gasteiger partial charge in [-0.3, -0.25) is 38.1 Å². The van der Waals surface area contributed by atoms with Crippen molar-refractivity contribution in [1.82, 2.24) is 124 Å². The van der Waals surface area contributed by atoms with Gasteiger partial charge < -0.3 is 81.4 Å². The number of fused-ring (bicyclic) bond motifs is 8. The van der Waals surface area contributed by atoms with Crippen molar-refractivity contribution >= 4 is 73.3 Å². The molecular weight excluding hydrogens is 1890 g/mol. The van der Waals surface area contributed by atoms with Crippen molar-refractivity contribution in [2.45, 2.75) is 120 Å². The molecule has 14 N–H and O–H groups in total. The van der Waals surface area contributed by atoms with Crippen LogP contribution in [0.1, 0.15) is 107 Å². The van der Waals surface area contributed by atoms with Crippen molar-refractivity contribution in [3.8, 4) is 154 Å². The van der Waals surface area contributed by atoms with Gasteiger partial charge in [-0.2, -0.15) is 25.5 Å². The Bertz CT molecular complexity index is 8530. The lowest BCUT2D eigenvalue weighted by Crippen LogP contribution is -2.25. The summed E-state index contributed by atoms with van der Waals surface area (Å²) in [6.45, 7) is 16.9. The minimum Gasteiger partial charge on any atom is -0.504 e. The van der Waals surface area contributed by atoms with Gasteiger partial charge in [0.05, 0.1) is 61.8 Å². The first-order chi connectivity index (χ1) is 72.5. The summed E-state index contributed by atoms with van der Waals surface area (Å²) < 4.78 is 19.2. The summed E-state index contributed by atoms with van der Waals surface area (Å²) in [6.07, 6.45) is 7.55. The molecule has 36 heteroatoms. The normalized spacial score (nSPS) is 12.4. The number of hydrogen-bond donors (Lipinski definition) is 12. The second kappa shape index (κ2) is 41.8. The van der Waals surface area contributed by atoms with E-state index in [0.29, 0.717) is 138 Å². The van der Waals surface area contributed by atoms with Crippen LogP contribution in [0.3, 0.4) is 0 Å². The number of aryl methyl sites for hydroxylation is 9. The first kappa shape index (κ1) is 99.2. The number of carbonyl (C=O) groups excluding carboxylic acids is 3. The third kappa shape index (κ3) is 20.1. The van der Waals surface area contributed by atoms with E-state index in [2.05, 4.69) is 102 Å². The number of carbonyl (C=O) groups is 3. The second-order valence-electron chi connectivity index (χ2n) is 38.1. The zero-order chi connectivity index (χ0) is 105. The van der Waals surface area contributed by atoms with Crippen molar-refractivity contribution in [3.63, 3.8) is 0 Å². The van der Waals surface area contributed by atoms with Crippen molar-refractivity contribution < 1.29 is 44.3 Å². The Labute approximate surface area is 862 Å². The number of unbranched alkanes of at least 4 members (excludes halogenated alkanes) is 2. The molecule has 14 heterocycles. The molecule has 0 aliphatic carbocycles. The number of aromatic amines is 5. The van der Waals surface area contributed by atoms with Crippen LogP contribution in [0, 0.1) is 20.8 Å². The highest BCUT2D eigenvalue weighted by atomic mass is 16.6. The van der Waals surface area contributed by atoms with Gasteiger partial charge in [0.15, 0.2) is 57.9 Å². The number of nitrogens with zero attached hydrogens (tertiary/aromatic N) is 19. The monoisotopic (exact) mass is 2010 g/mol. The van der Waals surface area contributed by atoms with Crippen LogP contribution >= 0.6 is 0 Å². The average molecular weight is 2010 g/mol. The van der Waals surface area contributed by atoms with E-state index < -0.39 is 6.09 Å². The lowest BCUT2D eigenvalue weighted by molar-refractivity contribution is -0.129. The molecule has 0 saturated carbocycles. The summed E-state index contributed by atoms with van der Waals surface area (Å²) in [6, 6.07) is 67.8. The van der Waals surface area contributed by atoms with E-state index >= 15 is 0 Å². The summed E-state index contributed by atoms with van der Waals surface area (Å²) >= 11 is 0. The Morgan fingerprint density at radius 2 is 0.727 bits per heavy atom. The van der Waals surface area contributed by atoms with E-state index in [9.17, 15) is 34.8 Å². The van der Waals surface area contributed by atoms with Crippen molar-refractivity contribution in [3.05, 3.63) is 285 Å². The predicted octanol–water partition coefficient (Wildman–Crippen LogP) is 19.6. The zero-order valence-corrected chi connectivity index (χ0v) is 85.5. The molecule has 3 aliphatic heterocycles. The molecule has 0 spiro atoms. The number of hydrogen-bond acceptors (Lipinski definition) is 23. The maximum atomic E-state index is 12.5. The van der Waals surface area contributed by atoms with Gasteiger partial charge in [-0.25, -0.2) is 34.5 Å². The Balaban J connectivity index is 0.000000113. The Morgan fingerprint density at radius 3 is 1.12 bits per heavy atom. The Morgan fingerprint density at radius 1 is 0.387 bits per heavy atom. The lowest BCUT2D eigenvalue weighted by Gasteiger charge is -2.13. The number of amides is 3. The quantitative estimate of drug-likeness (QED) is 0.0335. The Hall–Kier alpha value is -18.2. The summed E-state index contributed by atoms with van der Waals surface area (Å²) in [7, 11) is 12.3. The molecule has 150 heavy (non-hydrogen) atoms. The number of rotatable bonds is 19. The van der Waals surface area contributed by atoms with Gasteiger partial charge in [0.2, 0.25) is 5.91 Å². The molecule has 3 amide bonds. The lowest BCUT2D eigenvalue weighted by atomic mass is 10.0. The number of benzene rings is 10. The van der Waals surface area contributed by atoms with Crippen LogP contribution in [-0.2, 0) is 104 Å². The third-order valence-corrected chi connectivity index (χ3v) is 27.2. The van der Waals surface area contributed by atoms with Crippen LogP contribution in [0.15, 0.2) is 219 Å². The van der Waals surface area contributed by atoms with Gasteiger partial charge in [0.1, 0.15) is 56.9 Å². The first-order valence-electron chi connectivity index (χ1n) is 49.6. The minimum absolute atomic E-state index is 0.0713. The van der Waals surface area contributed by atoms with Gasteiger partial charge in [0, 0.05) is 149 Å². The maximum Gasteiger partial charge on any atom is 0.414 e. The van der Waals surface area contributed by atoms with Crippen molar-refractivity contribution in [2.24, 2.45) is 46.7 Å². The second-order valence-corrected chi connectivity index (χ2v) is 38.1. The summed E-state index contributed by atoms with van der Waals surface area (Å²) in [5.41, 5.74) is 45.5. The van der Waals surface area contributed by atoms with Crippen LogP contribution in [0.25, 0.3) is 180 Å². The number of H-pyrrole nitrogens is 5. The Kier molecular flexibility index (Phi) is 27.6. The van der Waals surface area contributed by atoms with Gasteiger partial charge in [-0.1, -0.05) is 176 Å². The molecule has 0 fully saturated rings. The largest absolute Gasteiger partial charge is 0.504 e. The molecule has 0 unspecified atom stereocenters. The highest BCUT2D eigenvalue weighted by Crippen LogP contribution is 2.46. The van der Waals surface area contributed by atoms with E-state index in [1.807, 2.05) is 228 Å². The smallest absolute Gasteiger partial charge is 0.414 e. The molecule has 760 valence electrons. The topological polar surface area (TPSA) is 470 Å². The number of nitrogens with two attached hydrogens (primary N) is 2. The molecule has 3 aliphatic rings. The van der Waals surface area contributed by atoms with Crippen molar-refractivity contribution in [2.75, 3.05) is 20.7 Å². The summed E-state index contributed by atoms with van der Waals surface area (Å²) in [5.74, 6) is 3.74. The first-order valence-corrected chi connectivity index (χ1v) is 49.6. The van der Waals surface area contributed by atoms with E-state index in [1.54, 1.807) is 83.6 Å². The zero-order valence-electron chi connectivity index (χ0n) is 85.5. The van der Waals surface area contributed by atoms with E-state index in [-0.39, 0.29) is 35.0 Å². The molecule has 21 aromatic rings. The average Bonchev–Trinajstić information content (AvgIpc) is 1.69. The van der Waals surface area contributed by atoms with Crippen LogP contribution in [-0.4, -0.2) is 178 Å². The number of nitrogens with one attached hydrogen (secondary N) is 6. The van der Waals surface area contributed by atoms with E-state index in [0.717, 1.165) is 164 Å². The van der Waals surface area contributed by atoms with E-state index in [1.165, 1.54) is 40.9 Å². The fourth-order valence-electron chi connectivity index (χ4n) is 19.1. The highest BCUT2D eigenvalue weighted by molar-refractivity contribution is 5.91. The van der Waals surface area contributed by atoms with Gasteiger partial charge in [0.25, 0.3) is 0 Å². The number of aromatic hydroxyl groups is 4. The number of aromatic nitrogens is 21.